The van der Waals surface area contributed by atoms with Gasteiger partial charge in [-0.25, -0.2) is 4.98 Å². The number of nitrogens with one attached hydrogen (secondary N) is 3. The number of anilines is 2. The van der Waals surface area contributed by atoms with E-state index in [2.05, 4.69) is 20.6 Å². The van der Waals surface area contributed by atoms with Gasteiger partial charge in [-0.3, -0.25) is 4.79 Å². The largest absolute Gasteiger partial charge is 0.416 e. The number of carbonyl (C=O) groups is 1. The Morgan fingerprint density at radius 2 is 1.64 bits per heavy atom. The lowest BCUT2D eigenvalue weighted by molar-refractivity contribution is -0.137. The molecular weight excluding hydrogens is 429 g/mol. The molecule has 164 valence electrons. The van der Waals surface area contributed by atoms with Crippen LogP contribution in [0.4, 0.5) is 24.5 Å². The summed E-state index contributed by atoms with van der Waals surface area (Å²) < 4.78 is 39.2. The second kappa shape index (κ2) is 7.98. The van der Waals surface area contributed by atoms with E-state index >= 15 is 0 Å². The third-order valence-corrected chi connectivity index (χ3v) is 5.37. The average Bonchev–Trinajstić information content (AvgIpc) is 3.45. The van der Waals surface area contributed by atoms with Gasteiger partial charge in [0.15, 0.2) is 0 Å². The lowest BCUT2D eigenvalue weighted by Gasteiger charge is -2.16. The molecule has 0 bridgehead atoms. The zero-order valence-electron chi connectivity index (χ0n) is 17.1. The highest BCUT2D eigenvalue weighted by Gasteiger charge is 2.31. The summed E-state index contributed by atoms with van der Waals surface area (Å²) in [6, 6.07) is 19.3. The smallest absolute Gasteiger partial charge is 0.354 e. The predicted molar refractivity (Wildman–Crippen MR) is 121 cm³/mol. The summed E-state index contributed by atoms with van der Waals surface area (Å²) in [6.07, 6.45) is -1.08. The molecule has 3 N–H and O–H groups in total. The van der Waals surface area contributed by atoms with E-state index in [4.69, 9.17) is 0 Å². The summed E-state index contributed by atoms with van der Waals surface area (Å²) in [4.78, 5) is 20.0. The number of aromatic amines is 1. The van der Waals surface area contributed by atoms with Crippen molar-refractivity contribution in [2.45, 2.75) is 6.18 Å². The highest BCUT2D eigenvalue weighted by Crippen LogP contribution is 2.38. The number of rotatable bonds is 4. The van der Waals surface area contributed by atoms with Crippen molar-refractivity contribution in [3.63, 3.8) is 0 Å². The maximum atomic E-state index is 13.1. The fraction of sp³-hybridized carbons (Fsp3) is 0.0400. The molecule has 0 spiro atoms. The number of halogens is 3. The van der Waals surface area contributed by atoms with Crippen LogP contribution < -0.4 is 10.6 Å². The molecule has 0 fully saturated rings. The fourth-order valence-corrected chi connectivity index (χ4v) is 3.76. The second-order valence-corrected chi connectivity index (χ2v) is 7.48. The second-order valence-electron chi connectivity index (χ2n) is 7.48. The first-order chi connectivity index (χ1) is 15.9. The third-order valence-electron chi connectivity index (χ3n) is 5.37. The van der Waals surface area contributed by atoms with E-state index in [1.165, 1.54) is 12.1 Å². The summed E-state index contributed by atoms with van der Waals surface area (Å²) in [5, 5.41) is 6.07. The van der Waals surface area contributed by atoms with Gasteiger partial charge in [0, 0.05) is 28.7 Å². The molecule has 2 heterocycles. The molecule has 0 unspecified atom stereocenters. The molecule has 5 rings (SSSR count). The quantitative estimate of drug-likeness (QED) is 0.335. The van der Waals surface area contributed by atoms with E-state index in [0.29, 0.717) is 33.8 Å². The molecule has 1 amide bonds. The maximum absolute atomic E-state index is 13.1. The van der Waals surface area contributed by atoms with Gasteiger partial charge >= 0.3 is 6.18 Å². The number of nitrogens with zero attached hydrogens (tertiary/aromatic N) is 1. The lowest BCUT2D eigenvalue weighted by atomic mass is 9.99. The Hall–Kier alpha value is -4.33. The zero-order valence-corrected chi connectivity index (χ0v) is 17.1. The molecule has 0 aliphatic carbocycles. The van der Waals surface area contributed by atoms with Gasteiger partial charge in [-0.2, -0.15) is 13.2 Å². The van der Waals surface area contributed by atoms with Crippen LogP contribution in [0.3, 0.4) is 0 Å². The number of hydrogen-bond acceptors (Lipinski definition) is 3. The number of fused-ring (bicyclic) bond motifs is 1. The summed E-state index contributed by atoms with van der Waals surface area (Å²) in [5.41, 5.74) is 4.17. The average molecular weight is 446 g/mol. The fourth-order valence-electron chi connectivity index (χ4n) is 3.76. The molecule has 33 heavy (non-hydrogen) atoms. The number of imidazole rings is 1. The molecule has 4 aromatic rings. The van der Waals surface area contributed by atoms with E-state index in [-0.39, 0.29) is 5.91 Å². The SMILES string of the molecule is O=C1Nc2ccccc2C1=C(Nc1ccc(-c2c[nH]cn2)cc1)c1ccc(C(F)(F)F)cc1. The molecule has 8 heteroatoms. The Morgan fingerprint density at radius 3 is 2.30 bits per heavy atom. The summed E-state index contributed by atoms with van der Waals surface area (Å²) in [5.74, 6) is -0.327. The number of para-hydroxylation sites is 1. The van der Waals surface area contributed by atoms with E-state index < -0.39 is 11.7 Å². The molecule has 1 aliphatic heterocycles. The van der Waals surface area contributed by atoms with Gasteiger partial charge in [0.2, 0.25) is 0 Å². The van der Waals surface area contributed by atoms with Crippen molar-refractivity contribution >= 4 is 28.6 Å². The Kier molecular flexibility index (Phi) is 4.97. The van der Waals surface area contributed by atoms with Crippen molar-refractivity contribution in [1.82, 2.24) is 9.97 Å². The summed E-state index contributed by atoms with van der Waals surface area (Å²) in [6.45, 7) is 0. The van der Waals surface area contributed by atoms with E-state index in [0.717, 1.165) is 23.4 Å². The Balaban J connectivity index is 1.59. The van der Waals surface area contributed by atoms with Gasteiger partial charge in [-0.15, -0.1) is 0 Å². The normalized spacial score (nSPS) is 14.6. The Morgan fingerprint density at radius 1 is 0.909 bits per heavy atom. The minimum Gasteiger partial charge on any atom is -0.354 e. The molecule has 0 radical (unpaired) electrons. The number of alkyl halides is 3. The summed E-state index contributed by atoms with van der Waals surface area (Å²) in [7, 11) is 0. The molecular formula is C25H17F3N4O. The van der Waals surface area contributed by atoms with Crippen LogP contribution in [-0.2, 0) is 11.0 Å². The van der Waals surface area contributed by atoms with Crippen molar-refractivity contribution in [2.24, 2.45) is 0 Å². The number of hydrogen-bond donors (Lipinski definition) is 3. The van der Waals surface area contributed by atoms with Crippen LogP contribution in [0, 0.1) is 0 Å². The van der Waals surface area contributed by atoms with Crippen molar-refractivity contribution in [2.75, 3.05) is 10.6 Å². The third kappa shape index (κ3) is 3.98. The number of benzene rings is 3. The molecule has 0 atom stereocenters. The minimum absolute atomic E-state index is 0.327. The van der Waals surface area contributed by atoms with Gasteiger partial charge in [-0.1, -0.05) is 42.5 Å². The van der Waals surface area contributed by atoms with Crippen LogP contribution in [-0.4, -0.2) is 15.9 Å². The number of amides is 1. The Labute approximate surface area is 187 Å². The van der Waals surface area contributed by atoms with Crippen LogP contribution in [0.1, 0.15) is 16.7 Å². The standard InChI is InChI=1S/C25H17F3N4O/c26-25(27,28)17-9-5-16(6-10-17)23(22-19-3-1-2-4-20(19)32-24(22)33)31-18-11-7-15(8-12-18)21-13-29-14-30-21/h1-14,31H,(H,29,30)(H,32,33). The first kappa shape index (κ1) is 20.6. The van der Waals surface area contributed by atoms with Crippen molar-refractivity contribution in [3.8, 4) is 11.3 Å². The van der Waals surface area contributed by atoms with E-state index in [1.807, 2.05) is 30.3 Å². The molecule has 1 aromatic heterocycles. The van der Waals surface area contributed by atoms with Crippen LogP contribution in [0.15, 0.2) is 85.3 Å². The highest BCUT2D eigenvalue weighted by molar-refractivity contribution is 6.37. The predicted octanol–water partition coefficient (Wildman–Crippen LogP) is 6.03. The summed E-state index contributed by atoms with van der Waals surface area (Å²) >= 11 is 0. The van der Waals surface area contributed by atoms with Gasteiger partial charge in [0.1, 0.15) is 0 Å². The topological polar surface area (TPSA) is 69.8 Å². The first-order valence-corrected chi connectivity index (χ1v) is 10.1. The van der Waals surface area contributed by atoms with Gasteiger partial charge in [-0.05, 0) is 35.9 Å². The first-order valence-electron chi connectivity index (χ1n) is 10.1. The van der Waals surface area contributed by atoms with Crippen molar-refractivity contribution in [1.29, 1.82) is 0 Å². The van der Waals surface area contributed by atoms with Crippen molar-refractivity contribution < 1.29 is 18.0 Å². The highest BCUT2D eigenvalue weighted by atomic mass is 19.4. The van der Waals surface area contributed by atoms with Crippen LogP contribution in [0.5, 0.6) is 0 Å². The minimum atomic E-state index is -4.45. The molecule has 0 saturated carbocycles. The van der Waals surface area contributed by atoms with Gasteiger partial charge < -0.3 is 15.6 Å². The number of H-pyrrole nitrogens is 1. The number of aromatic nitrogens is 2. The monoisotopic (exact) mass is 446 g/mol. The Bertz CT molecular complexity index is 1340. The molecule has 3 aromatic carbocycles. The van der Waals surface area contributed by atoms with Gasteiger partial charge in [0.05, 0.1) is 28.9 Å². The van der Waals surface area contributed by atoms with E-state index in [1.54, 1.807) is 30.7 Å². The molecule has 0 saturated heterocycles. The van der Waals surface area contributed by atoms with Crippen LogP contribution in [0.25, 0.3) is 22.5 Å². The van der Waals surface area contributed by atoms with Crippen molar-refractivity contribution in [3.05, 3.63) is 102 Å². The molecule has 1 aliphatic rings. The van der Waals surface area contributed by atoms with Crippen LogP contribution >= 0.6 is 0 Å². The van der Waals surface area contributed by atoms with Gasteiger partial charge in [0.25, 0.3) is 5.91 Å². The van der Waals surface area contributed by atoms with E-state index in [9.17, 15) is 18.0 Å². The lowest BCUT2D eigenvalue weighted by Crippen LogP contribution is -2.11. The van der Waals surface area contributed by atoms with Crippen LogP contribution in [0.2, 0.25) is 0 Å². The number of carbonyl (C=O) groups excluding carboxylic acids is 1. The zero-order chi connectivity index (χ0) is 23.0. The maximum Gasteiger partial charge on any atom is 0.416 e. The molecule has 5 nitrogen and oxygen atoms in total.